The van der Waals surface area contributed by atoms with Crippen LogP contribution in [0.3, 0.4) is 0 Å². The molecule has 1 N–H and O–H groups in total. The van der Waals surface area contributed by atoms with E-state index in [2.05, 4.69) is 35.0 Å². The van der Waals surface area contributed by atoms with Crippen molar-refractivity contribution >= 4 is 0 Å². The molecular weight excluding hydrogens is 226 g/mol. The van der Waals surface area contributed by atoms with Gasteiger partial charge < -0.3 is 10.1 Å². The van der Waals surface area contributed by atoms with Gasteiger partial charge in [-0.05, 0) is 51.6 Å². The Bertz CT molecular complexity index is 375. The number of ether oxygens (including phenoxy) is 1. The van der Waals surface area contributed by atoms with Gasteiger partial charge in [-0.2, -0.15) is 5.10 Å². The summed E-state index contributed by atoms with van der Waals surface area (Å²) in [5.74, 6) is 0. The van der Waals surface area contributed by atoms with Crippen molar-refractivity contribution in [2.75, 3.05) is 26.8 Å². The third-order valence-electron chi connectivity index (χ3n) is 3.95. The third-order valence-corrected chi connectivity index (χ3v) is 3.95. The van der Waals surface area contributed by atoms with E-state index in [1.165, 1.54) is 5.69 Å². The highest BCUT2D eigenvalue weighted by atomic mass is 16.5. The number of aryl methyl sites for hydroxylation is 2. The summed E-state index contributed by atoms with van der Waals surface area (Å²) in [6, 6.07) is 2.23. The van der Waals surface area contributed by atoms with E-state index in [-0.39, 0.29) is 0 Å². The minimum atomic E-state index is 0.340. The van der Waals surface area contributed by atoms with E-state index in [0.29, 0.717) is 5.41 Å². The van der Waals surface area contributed by atoms with E-state index in [0.717, 1.165) is 51.3 Å². The molecule has 0 bridgehead atoms. The van der Waals surface area contributed by atoms with E-state index in [1.54, 1.807) is 0 Å². The first kappa shape index (κ1) is 13.6. The van der Waals surface area contributed by atoms with E-state index in [1.807, 2.05) is 7.05 Å². The van der Waals surface area contributed by atoms with Crippen LogP contribution < -0.4 is 5.32 Å². The van der Waals surface area contributed by atoms with Gasteiger partial charge in [-0.15, -0.1) is 0 Å². The Morgan fingerprint density at radius 2 is 2.17 bits per heavy atom. The highest BCUT2D eigenvalue weighted by Crippen LogP contribution is 2.33. The molecule has 0 radical (unpaired) electrons. The molecule has 1 fully saturated rings. The zero-order valence-corrected chi connectivity index (χ0v) is 11.8. The second kappa shape index (κ2) is 5.85. The summed E-state index contributed by atoms with van der Waals surface area (Å²) in [6.07, 6.45) is 3.38. The van der Waals surface area contributed by atoms with Crippen molar-refractivity contribution < 1.29 is 4.74 Å². The smallest absolute Gasteiger partial charge is 0.0596 e. The average molecular weight is 251 g/mol. The molecule has 0 atom stereocenters. The van der Waals surface area contributed by atoms with Crippen molar-refractivity contribution in [2.45, 2.75) is 39.7 Å². The molecule has 1 aromatic heterocycles. The molecule has 0 amide bonds. The lowest BCUT2D eigenvalue weighted by Crippen LogP contribution is -2.40. The standard InChI is InChI=1S/C14H25N3O/c1-4-17-13(9-12(2)16-17)10-14(11-15-3)5-7-18-8-6-14/h9,15H,4-8,10-11H2,1-3H3. The fourth-order valence-electron chi connectivity index (χ4n) is 2.99. The van der Waals surface area contributed by atoms with Gasteiger partial charge in [-0.25, -0.2) is 0 Å². The molecule has 1 aromatic rings. The number of nitrogens with one attached hydrogen (secondary N) is 1. The fraction of sp³-hybridized carbons (Fsp3) is 0.786. The quantitative estimate of drug-likeness (QED) is 0.867. The normalized spacial score (nSPS) is 19.1. The first-order chi connectivity index (χ1) is 8.69. The Labute approximate surface area is 110 Å². The molecule has 18 heavy (non-hydrogen) atoms. The molecule has 1 aliphatic rings. The predicted molar refractivity (Wildman–Crippen MR) is 72.8 cm³/mol. The van der Waals surface area contributed by atoms with E-state index in [9.17, 15) is 0 Å². The number of aromatic nitrogens is 2. The van der Waals surface area contributed by atoms with Crippen LogP contribution in [0.4, 0.5) is 0 Å². The molecular formula is C14H25N3O. The second-order valence-corrected chi connectivity index (χ2v) is 5.41. The lowest BCUT2D eigenvalue weighted by molar-refractivity contribution is 0.0149. The van der Waals surface area contributed by atoms with Crippen LogP contribution in [0.1, 0.15) is 31.2 Å². The van der Waals surface area contributed by atoms with Gasteiger partial charge in [-0.1, -0.05) is 0 Å². The predicted octanol–water partition coefficient (Wildman–Crippen LogP) is 1.77. The molecule has 0 unspecified atom stereocenters. The summed E-state index contributed by atoms with van der Waals surface area (Å²) in [4.78, 5) is 0. The van der Waals surface area contributed by atoms with Crippen LogP contribution in [0.15, 0.2) is 6.07 Å². The second-order valence-electron chi connectivity index (χ2n) is 5.41. The Morgan fingerprint density at radius 3 is 2.78 bits per heavy atom. The molecule has 1 saturated heterocycles. The van der Waals surface area contributed by atoms with Gasteiger partial charge in [0.1, 0.15) is 0 Å². The maximum absolute atomic E-state index is 5.52. The largest absolute Gasteiger partial charge is 0.381 e. The number of hydrogen-bond donors (Lipinski definition) is 1. The van der Waals surface area contributed by atoms with Crippen LogP contribution in [0.5, 0.6) is 0 Å². The van der Waals surface area contributed by atoms with Crippen LogP contribution in [0.2, 0.25) is 0 Å². The van der Waals surface area contributed by atoms with Crippen molar-refractivity contribution in [3.63, 3.8) is 0 Å². The van der Waals surface area contributed by atoms with Crippen LogP contribution >= 0.6 is 0 Å². The molecule has 1 aliphatic heterocycles. The molecule has 2 heterocycles. The van der Waals surface area contributed by atoms with Crippen molar-refractivity contribution in [3.8, 4) is 0 Å². The third kappa shape index (κ3) is 2.93. The molecule has 2 rings (SSSR count). The maximum atomic E-state index is 5.52. The minimum Gasteiger partial charge on any atom is -0.381 e. The van der Waals surface area contributed by atoms with Gasteiger partial charge >= 0.3 is 0 Å². The van der Waals surface area contributed by atoms with Crippen LogP contribution in [-0.4, -0.2) is 36.6 Å². The van der Waals surface area contributed by atoms with Gasteiger partial charge in [0, 0.05) is 32.0 Å². The molecule has 0 spiro atoms. The van der Waals surface area contributed by atoms with Crippen molar-refractivity contribution in [2.24, 2.45) is 5.41 Å². The van der Waals surface area contributed by atoms with E-state index >= 15 is 0 Å². The molecule has 102 valence electrons. The lowest BCUT2D eigenvalue weighted by atomic mass is 9.76. The highest BCUT2D eigenvalue weighted by molar-refractivity contribution is 5.12. The van der Waals surface area contributed by atoms with Crippen LogP contribution in [0, 0.1) is 12.3 Å². The zero-order valence-electron chi connectivity index (χ0n) is 11.8. The zero-order chi connectivity index (χ0) is 13.0. The summed E-state index contributed by atoms with van der Waals surface area (Å²) < 4.78 is 7.66. The number of hydrogen-bond acceptors (Lipinski definition) is 3. The topological polar surface area (TPSA) is 39.1 Å². The Balaban J connectivity index is 2.16. The van der Waals surface area contributed by atoms with Crippen LogP contribution in [-0.2, 0) is 17.7 Å². The minimum absolute atomic E-state index is 0.340. The van der Waals surface area contributed by atoms with Crippen molar-refractivity contribution in [1.29, 1.82) is 0 Å². The van der Waals surface area contributed by atoms with Gasteiger partial charge in [0.05, 0.1) is 5.69 Å². The summed E-state index contributed by atoms with van der Waals surface area (Å²) in [6.45, 7) is 8.02. The summed E-state index contributed by atoms with van der Waals surface area (Å²) in [5, 5.41) is 7.91. The molecule has 0 aliphatic carbocycles. The molecule has 0 saturated carbocycles. The Kier molecular flexibility index (Phi) is 4.40. The number of rotatable bonds is 5. The first-order valence-electron chi connectivity index (χ1n) is 6.95. The van der Waals surface area contributed by atoms with E-state index in [4.69, 9.17) is 4.74 Å². The summed E-state index contributed by atoms with van der Waals surface area (Å²) in [7, 11) is 2.04. The maximum Gasteiger partial charge on any atom is 0.0596 e. The Hall–Kier alpha value is -0.870. The fourth-order valence-corrected chi connectivity index (χ4v) is 2.99. The lowest BCUT2D eigenvalue weighted by Gasteiger charge is -2.37. The summed E-state index contributed by atoms with van der Waals surface area (Å²) >= 11 is 0. The van der Waals surface area contributed by atoms with Gasteiger partial charge in [0.15, 0.2) is 0 Å². The summed E-state index contributed by atoms with van der Waals surface area (Å²) in [5.41, 5.74) is 2.83. The van der Waals surface area contributed by atoms with Crippen molar-refractivity contribution in [1.82, 2.24) is 15.1 Å². The monoisotopic (exact) mass is 251 g/mol. The molecule has 4 heteroatoms. The Morgan fingerprint density at radius 1 is 1.44 bits per heavy atom. The highest BCUT2D eigenvalue weighted by Gasteiger charge is 2.33. The molecule has 4 nitrogen and oxygen atoms in total. The van der Waals surface area contributed by atoms with E-state index < -0.39 is 0 Å². The van der Waals surface area contributed by atoms with Crippen LogP contribution in [0.25, 0.3) is 0 Å². The first-order valence-corrected chi connectivity index (χ1v) is 6.95. The van der Waals surface area contributed by atoms with Gasteiger partial charge in [0.2, 0.25) is 0 Å². The van der Waals surface area contributed by atoms with Gasteiger partial charge in [-0.3, -0.25) is 4.68 Å². The van der Waals surface area contributed by atoms with Crippen molar-refractivity contribution in [3.05, 3.63) is 17.5 Å². The molecule has 0 aromatic carbocycles. The SMILES string of the molecule is CCn1nc(C)cc1CC1(CNC)CCOCC1. The average Bonchev–Trinajstić information content (AvgIpc) is 2.70. The number of nitrogens with zero attached hydrogens (tertiary/aromatic N) is 2. The van der Waals surface area contributed by atoms with Gasteiger partial charge in [0.25, 0.3) is 0 Å².